The molecule has 0 aliphatic carbocycles. The van der Waals surface area contributed by atoms with Crippen molar-refractivity contribution in [1.29, 1.82) is 0 Å². The number of carbonyl (C=O) groups excluding carboxylic acids is 1. The van der Waals surface area contributed by atoms with Crippen molar-refractivity contribution in [2.45, 2.75) is 37.2 Å². The van der Waals surface area contributed by atoms with E-state index in [0.29, 0.717) is 18.1 Å². The predicted molar refractivity (Wildman–Crippen MR) is 105 cm³/mol. The first kappa shape index (κ1) is 20.0. The first-order chi connectivity index (χ1) is 13.5. The van der Waals surface area contributed by atoms with Gasteiger partial charge < -0.3 is 9.88 Å². The topological polar surface area (TPSA) is 59.8 Å². The zero-order chi connectivity index (χ0) is 20.1. The number of hydrogen-bond acceptors (Lipinski definition) is 4. The first-order valence-electron chi connectivity index (χ1n) is 8.86. The highest BCUT2D eigenvalue weighted by molar-refractivity contribution is 8.00. The van der Waals surface area contributed by atoms with Crippen LogP contribution in [-0.2, 0) is 17.8 Å². The van der Waals surface area contributed by atoms with Gasteiger partial charge in [0.25, 0.3) is 0 Å². The van der Waals surface area contributed by atoms with E-state index in [1.54, 1.807) is 6.92 Å². The molecule has 0 aliphatic heterocycles. The van der Waals surface area contributed by atoms with Gasteiger partial charge in [-0.25, -0.2) is 8.78 Å². The van der Waals surface area contributed by atoms with Gasteiger partial charge in [-0.3, -0.25) is 4.79 Å². The number of benzene rings is 2. The van der Waals surface area contributed by atoms with Crippen LogP contribution in [0.2, 0.25) is 0 Å². The van der Waals surface area contributed by atoms with E-state index in [4.69, 9.17) is 0 Å². The molecule has 3 aromatic rings. The molecule has 0 saturated carbocycles. The molecule has 1 aromatic heterocycles. The molecule has 0 saturated heterocycles. The Morgan fingerprint density at radius 3 is 2.64 bits per heavy atom. The van der Waals surface area contributed by atoms with Crippen molar-refractivity contribution in [1.82, 2.24) is 14.8 Å². The van der Waals surface area contributed by atoms with Gasteiger partial charge in [0.15, 0.2) is 5.16 Å². The zero-order valence-corrected chi connectivity index (χ0v) is 16.3. The second-order valence-corrected chi connectivity index (χ2v) is 7.49. The maximum Gasteiger partial charge on any atom is 0.237 e. The van der Waals surface area contributed by atoms with E-state index in [9.17, 15) is 13.6 Å². The fourth-order valence-electron chi connectivity index (χ4n) is 2.67. The monoisotopic (exact) mass is 402 g/mol. The number of aromatic nitrogens is 3. The molecule has 2 aromatic carbocycles. The summed E-state index contributed by atoms with van der Waals surface area (Å²) in [6.07, 6.45) is 0.636. The van der Waals surface area contributed by atoms with Gasteiger partial charge in [-0.15, -0.1) is 10.2 Å². The summed E-state index contributed by atoms with van der Waals surface area (Å²) in [5.74, 6) is -0.938. The van der Waals surface area contributed by atoms with Crippen LogP contribution >= 0.6 is 11.8 Å². The lowest BCUT2D eigenvalue weighted by Crippen LogP contribution is -2.23. The van der Waals surface area contributed by atoms with Crippen molar-refractivity contribution in [3.05, 3.63) is 71.6 Å². The van der Waals surface area contributed by atoms with Crippen molar-refractivity contribution in [2.75, 3.05) is 5.32 Å². The van der Waals surface area contributed by atoms with Crippen LogP contribution in [0.15, 0.2) is 53.7 Å². The van der Waals surface area contributed by atoms with Gasteiger partial charge in [-0.1, -0.05) is 42.1 Å². The Morgan fingerprint density at radius 1 is 1.18 bits per heavy atom. The summed E-state index contributed by atoms with van der Waals surface area (Å²) in [5, 5.41) is 10.9. The maximum atomic E-state index is 13.7. The molecule has 0 bridgehead atoms. The highest BCUT2D eigenvalue weighted by Crippen LogP contribution is 2.25. The lowest BCUT2D eigenvalue weighted by molar-refractivity contribution is -0.115. The average Bonchev–Trinajstić information content (AvgIpc) is 3.06. The lowest BCUT2D eigenvalue weighted by atomic mass is 10.1. The van der Waals surface area contributed by atoms with Crippen LogP contribution in [0, 0.1) is 11.6 Å². The fraction of sp³-hybridized carbons (Fsp3) is 0.250. The van der Waals surface area contributed by atoms with Crippen LogP contribution in [0.4, 0.5) is 14.5 Å². The molecule has 0 fully saturated rings. The summed E-state index contributed by atoms with van der Waals surface area (Å²) in [7, 11) is 0. The number of halogens is 2. The number of hydrogen-bond donors (Lipinski definition) is 1. The molecule has 3 rings (SSSR count). The molecule has 1 heterocycles. The van der Waals surface area contributed by atoms with Crippen molar-refractivity contribution < 1.29 is 13.6 Å². The summed E-state index contributed by atoms with van der Waals surface area (Å²) in [4.78, 5) is 12.4. The van der Waals surface area contributed by atoms with Gasteiger partial charge in [0.1, 0.15) is 17.5 Å². The minimum atomic E-state index is -0.686. The van der Waals surface area contributed by atoms with Crippen LogP contribution < -0.4 is 5.32 Å². The fourth-order valence-corrected chi connectivity index (χ4v) is 3.60. The molecule has 146 valence electrons. The molecule has 28 heavy (non-hydrogen) atoms. The summed E-state index contributed by atoms with van der Waals surface area (Å²) in [5.41, 5.74) is 0.938. The van der Waals surface area contributed by atoms with Crippen LogP contribution in [0.3, 0.4) is 0 Å². The third kappa shape index (κ3) is 4.75. The van der Waals surface area contributed by atoms with Gasteiger partial charge in [0.2, 0.25) is 5.91 Å². The number of thioether (sulfide) groups is 1. The molecule has 5 nitrogen and oxygen atoms in total. The Balaban J connectivity index is 1.70. The number of nitrogens with zero attached hydrogens (tertiary/aromatic N) is 3. The standard InChI is InChI=1S/C20H20F2N4OS/c1-3-26-18(11-14-7-5-4-6-8-14)24-25-20(26)28-13(2)19(27)23-17-12-15(21)9-10-16(17)22/h4-10,12-13H,3,11H2,1-2H3,(H,23,27)/t13-/m0/s1. The first-order valence-corrected chi connectivity index (χ1v) is 9.74. The van der Waals surface area contributed by atoms with E-state index in [1.807, 2.05) is 41.8 Å². The Labute approximate surface area is 166 Å². The number of anilines is 1. The third-order valence-corrected chi connectivity index (χ3v) is 5.23. The Bertz CT molecular complexity index is 962. The van der Waals surface area contributed by atoms with E-state index >= 15 is 0 Å². The third-order valence-electron chi connectivity index (χ3n) is 4.15. The molecule has 0 spiro atoms. The second-order valence-electron chi connectivity index (χ2n) is 6.18. The summed E-state index contributed by atoms with van der Waals surface area (Å²) < 4.78 is 29.0. The molecule has 0 unspecified atom stereocenters. The maximum absolute atomic E-state index is 13.7. The summed E-state index contributed by atoms with van der Waals surface area (Å²) in [6, 6.07) is 12.9. The van der Waals surface area contributed by atoms with Crippen LogP contribution in [-0.4, -0.2) is 25.9 Å². The van der Waals surface area contributed by atoms with Gasteiger partial charge in [-0.05, 0) is 31.5 Å². The molecule has 0 aliphatic rings. The molecule has 0 radical (unpaired) electrons. The quantitative estimate of drug-likeness (QED) is 0.599. The molecule has 8 heteroatoms. The molecule has 1 N–H and O–H groups in total. The summed E-state index contributed by atoms with van der Waals surface area (Å²) in [6.45, 7) is 4.32. The minimum absolute atomic E-state index is 0.181. The number of amides is 1. The zero-order valence-electron chi connectivity index (χ0n) is 15.5. The van der Waals surface area contributed by atoms with Crippen molar-refractivity contribution in [3.8, 4) is 0 Å². The molecular weight excluding hydrogens is 382 g/mol. The van der Waals surface area contributed by atoms with Gasteiger partial charge in [0.05, 0.1) is 10.9 Å². The van der Waals surface area contributed by atoms with E-state index in [1.165, 1.54) is 11.8 Å². The predicted octanol–water partition coefficient (Wildman–Crippen LogP) is 4.29. The number of nitrogens with one attached hydrogen (secondary N) is 1. The van der Waals surface area contributed by atoms with Gasteiger partial charge in [0, 0.05) is 19.0 Å². The number of carbonyl (C=O) groups is 1. The van der Waals surface area contributed by atoms with E-state index < -0.39 is 22.8 Å². The van der Waals surface area contributed by atoms with Crippen LogP contribution in [0.5, 0.6) is 0 Å². The van der Waals surface area contributed by atoms with E-state index in [2.05, 4.69) is 15.5 Å². The molecule has 1 amide bonds. The van der Waals surface area contributed by atoms with Crippen molar-refractivity contribution in [2.24, 2.45) is 0 Å². The lowest BCUT2D eigenvalue weighted by Gasteiger charge is -2.13. The van der Waals surface area contributed by atoms with Gasteiger partial charge >= 0.3 is 0 Å². The normalized spacial score (nSPS) is 12.0. The highest BCUT2D eigenvalue weighted by Gasteiger charge is 2.21. The summed E-state index contributed by atoms with van der Waals surface area (Å²) >= 11 is 1.22. The highest BCUT2D eigenvalue weighted by atomic mass is 32.2. The van der Waals surface area contributed by atoms with Crippen molar-refractivity contribution in [3.63, 3.8) is 0 Å². The Kier molecular flexibility index (Phi) is 6.41. The Morgan fingerprint density at radius 2 is 1.93 bits per heavy atom. The average molecular weight is 402 g/mol. The molecular formula is C20H20F2N4OS. The van der Waals surface area contributed by atoms with Crippen LogP contribution in [0.25, 0.3) is 0 Å². The van der Waals surface area contributed by atoms with Gasteiger partial charge in [-0.2, -0.15) is 0 Å². The number of rotatable bonds is 7. The minimum Gasteiger partial charge on any atom is -0.323 e. The molecule has 1 atom stereocenters. The SMILES string of the molecule is CCn1c(Cc2ccccc2)nnc1S[C@@H](C)C(=O)Nc1cc(F)ccc1F. The van der Waals surface area contributed by atoms with Crippen LogP contribution in [0.1, 0.15) is 25.2 Å². The Hall–Kier alpha value is -2.74. The van der Waals surface area contributed by atoms with E-state index in [-0.39, 0.29) is 5.69 Å². The largest absolute Gasteiger partial charge is 0.323 e. The van der Waals surface area contributed by atoms with E-state index in [0.717, 1.165) is 29.6 Å². The van der Waals surface area contributed by atoms with Crippen molar-refractivity contribution >= 4 is 23.4 Å². The second kappa shape index (κ2) is 8.97. The smallest absolute Gasteiger partial charge is 0.237 e.